The van der Waals surface area contributed by atoms with Gasteiger partial charge in [-0.3, -0.25) is 19.4 Å². The third kappa shape index (κ3) is 4.36. The molecule has 0 aliphatic rings. The minimum Gasteiger partial charge on any atom is -0.325 e. The molecule has 7 nitrogen and oxygen atoms in total. The maximum absolute atomic E-state index is 11.6. The second-order valence-electron chi connectivity index (χ2n) is 9.04. The number of pyridine rings is 2. The second-order valence-corrected chi connectivity index (χ2v) is 9.04. The Balaban J connectivity index is 1.57. The Labute approximate surface area is 219 Å². The number of amides is 1. The fraction of sp³-hybridized carbons (Fsp3) is 0.0645. The molecule has 3 heterocycles. The summed E-state index contributed by atoms with van der Waals surface area (Å²) in [7, 11) is 0. The highest BCUT2D eigenvalue weighted by atomic mass is 16.1. The number of hydrogen-bond acceptors (Lipinski definition) is 4. The van der Waals surface area contributed by atoms with Crippen molar-refractivity contribution >= 4 is 39.1 Å². The summed E-state index contributed by atoms with van der Waals surface area (Å²) >= 11 is 0. The first-order valence-electron chi connectivity index (χ1n) is 12.1. The van der Waals surface area contributed by atoms with Gasteiger partial charge >= 0.3 is 0 Å². The van der Waals surface area contributed by atoms with Crippen LogP contribution in [0.2, 0.25) is 0 Å². The summed E-state index contributed by atoms with van der Waals surface area (Å²) in [6.45, 7) is 9.39. The Morgan fingerprint density at radius 1 is 0.921 bits per heavy atom. The van der Waals surface area contributed by atoms with Crippen molar-refractivity contribution in [1.82, 2.24) is 19.7 Å². The minimum atomic E-state index is -0.145. The SMILES string of the molecule is [C-]#[N+]c1ccc(-c2nn(Cc3ccccc3)c3cnc4ccc(-c5cncc(NC(C)=O)c5)cc4c23)cc1. The first kappa shape index (κ1) is 23.1. The lowest BCUT2D eigenvalue weighted by Gasteiger charge is -2.08. The van der Waals surface area contributed by atoms with Gasteiger partial charge in [-0.2, -0.15) is 5.10 Å². The monoisotopic (exact) mass is 494 g/mol. The van der Waals surface area contributed by atoms with E-state index in [0.29, 0.717) is 17.9 Å². The van der Waals surface area contributed by atoms with Crippen LogP contribution >= 0.6 is 0 Å². The number of benzene rings is 3. The first-order valence-corrected chi connectivity index (χ1v) is 12.1. The zero-order valence-corrected chi connectivity index (χ0v) is 20.6. The van der Waals surface area contributed by atoms with Crippen molar-refractivity contribution in [3.05, 3.63) is 114 Å². The number of rotatable bonds is 5. The molecule has 1 amide bonds. The third-order valence-electron chi connectivity index (χ3n) is 6.42. The summed E-state index contributed by atoms with van der Waals surface area (Å²) in [6.07, 6.45) is 5.29. The topological polar surface area (TPSA) is 77.1 Å². The highest BCUT2D eigenvalue weighted by Gasteiger charge is 2.17. The maximum Gasteiger partial charge on any atom is 0.221 e. The number of carbonyl (C=O) groups is 1. The fourth-order valence-electron chi connectivity index (χ4n) is 4.67. The molecule has 3 aromatic heterocycles. The van der Waals surface area contributed by atoms with Crippen LogP contribution in [0.25, 0.3) is 49.0 Å². The Morgan fingerprint density at radius 3 is 2.47 bits per heavy atom. The van der Waals surface area contributed by atoms with E-state index in [4.69, 9.17) is 16.7 Å². The zero-order chi connectivity index (χ0) is 26.1. The number of aromatic nitrogens is 4. The van der Waals surface area contributed by atoms with E-state index in [1.165, 1.54) is 6.92 Å². The summed E-state index contributed by atoms with van der Waals surface area (Å²) in [5.74, 6) is -0.145. The van der Waals surface area contributed by atoms with Gasteiger partial charge in [0.1, 0.15) is 5.69 Å². The van der Waals surface area contributed by atoms with Crippen molar-refractivity contribution in [3.63, 3.8) is 0 Å². The van der Waals surface area contributed by atoms with E-state index < -0.39 is 0 Å². The van der Waals surface area contributed by atoms with E-state index in [2.05, 4.69) is 33.3 Å². The Bertz CT molecular complexity index is 1850. The molecule has 1 N–H and O–H groups in total. The molecule has 0 spiro atoms. The summed E-state index contributed by atoms with van der Waals surface area (Å²) in [6, 6.07) is 25.7. The molecule has 0 aliphatic heterocycles. The van der Waals surface area contributed by atoms with E-state index in [9.17, 15) is 4.79 Å². The normalized spacial score (nSPS) is 10.9. The van der Waals surface area contributed by atoms with Crippen LogP contribution in [0.5, 0.6) is 0 Å². The average molecular weight is 495 g/mol. The average Bonchev–Trinajstić information content (AvgIpc) is 3.32. The van der Waals surface area contributed by atoms with Crippen molar-refractivity contribution in [2.75, 3.05) is 5.32 Å². The van der Waals surface area contributed by atoms with Crippen molar-refractivity contribution in [2.45, 2.75) is 13.5 Å². The van der Waals surface area contributed by atoms with E-state index in [0.717, 1.165) is 49.8 Å². The lowest BCUT2D eigenvalue weighted by Crippen LogP contribution is -2.05. The van der Waals surface area contributed by atoms with Gasteiger partial charge in [0.15, 0.2) is 5.69 Å². The van der Waals surface area contributed by atoms with Crippen LogP contribution in [0.3, 0.4) is 0 Å². The quantitative estimate of drug-likeness (QED) is 0.265. The van der Waals surface area contributed by atoms with Gasteiger partial charge in [0.25, 0.3) is 0 Å². The number of fused-ring (bicyclic) bond motifs is 3. The highest BCUT2D eigenvalue weighted by Crippen LogP contribution is 2.36. The van der Waals surface area contributed by atoms with Gasteiger partial charge in [0.05, 0.1) is 42.2 Å². The number of hydrogen-bond donors (Lipinski definition) is 1. The van der Waals surface area contributed by atoms with E-state index >= 15 is 0 Å². The molecule has 6 aromatic rings. The molecule has 0 aliphatic carbocycles. The van der Waals surface area contributed by atoms with Gasteiger partial charge in [-0.1, -0.05) is 60.7 Å². The van der Waals surface area contributed by atoms with Crippen LogP contribution in [-0.2, 0) is 11.3 Å². The van der Waals surface area contributed by atoms with Crippen molar-refractivity contribution in [2.24, 2.45) is 0 Å². The fourth-order valence-corrected chi connectivity index (χ4v) is 4.67. The van der Waals surface area contributed by atoms with Crippen LogP contribution in [-0.4, -0.2) is 25.7 Å². The molecular formula is C31H22N6O. The zero-order valence-electron chi connectivity index (χ0n) is 20.6. The molecule has 182 valence electrons. The lowest BCUT2D eigenvalue weighted by molar-refractivity contribution is -0.114. The Morgan fingerprint density at radius 2 is 1.71 bits per heavy atom. The van der Waals surface area contributed by atoms with E-state index in [1.807, 2.05) is 71.5 Å². The lowest BCUT2D eigenvalue weighted by atomic mass is 10.00. The van der Waals surface area contributed by atoms with Gasteiger partial charge in [0, 0.05) is 35.0 Å². The molecule has 0 unspecified atom stereocenters. The third-order valence-corrected chi connectivity index (χ3v) is 6.42. The minimum absolute atomic E-state index is 0.145. The van der Waals surface area contributed by atoms with E-state index in [-0.39, 0.29) is 5.91 Å². The molecular weight excluding hydrogens is 472 g/mol. The summed E-state index contributed by atoms with van der Waals surface area (Å²) < 4.78 is 1.99. The maximum atomic E-state index is 11.6. The van der Waals surface area contributed by atoms with Gasteiger partial charge < -0.3 is 5.32 Å². The molecule has 6 rings (SSSR count). The molecule has 3 aromatic carbocycles. The molecule has 0 saturated carbocycles. The van der Waals surface area contributed by atoms with Gasteiger partial charge in [-0.15, -0.1) is 0 Å². The van der Waals surface area contributed by atoms with Gasteiger partial charge in [0.2, 0.25) is 5.91 Å². The van der Waals surface area contributed by atoms with Crippen molar-refractivity contribution < 1.29 is 4.79 Å². The van der Waals surface area contributed by atoms with Gasteiger partial charge in [-0.25, -0.2) is 4.85 Å². The molecule has 38 heavy (non-hydrogen) atoms. The van der Waals surface area contributed by atoms with Crippen LogP contribution < -0.4 is 5.32 Å². The standard InChI is InChI=1S/C31H22N6O/c1-20(38)35-26-14-24(16-33-17-26)23-10-13-28-27(15-23)30-29(18-34-28)37(19-21-6-4-3-5-7-21)36-31(30)22-8-11-25(32-2)12-9-22/h3-18H,19H2,1H3,(H,35,38). The molecule has 0 radical (unpaired) electrons. The smallest absolute Gasteiger partial charge is 0.221 e. The summed E-state index contributed by atoms with van der Waals surface area (Å²) in [5.41, 5.74) is 7.75. The largest absolute Gasteiger partial charge is 0.325 e. The second kappa shape index (κ2) is 9.60. The van der Waals surface area contributed by atoms with Crippen molar-refractivity contribution in [3.8, 4) is 22.4 Å². The van der Waals surface area contributed by atoms with Crippen molar-refractivity contribution in [1.29, 1.82) is 0 Å². The number of nitrogens with zero attached hydrogens (tertiary/aromatic N) is 5. The predicted octanol–water partition coefficient (Wildman–Crippen LogP) is 6.87. The summed E-state index contributed by atoms with van der Waals surface area (Å²) in [4.78, 5) is 24.2. The number of carbonyl (C=O) groups excluding carboxylic acids is 1. The number of anilines is 1. The van der Waals surface area contributed by atoms with Crippen LogP contribution in [0, 0.1) is 6.57 Å². The van der Waals surface area contributed by atoms with Crippen LogP contribution in [0.15, 0.2) is 97.5 Å². The Kier molecular flexibility index (Phi) is 5.83. The van der Waals surface area contributed by atoms with E-state index in [1.54, 1.807) is 12.4 Å². The molecule has 0 bridgehead atoms. The molecule has 7 heteroatoms. The molecule has 0 saturated heterocycles. The van der Waals surface area contributed by atoms with Crippen LogP contribution in [0.4, 0.5) is 11.4 Å². The highest BCUT2D eigenvalue weighted by molar-refractivity contribution is 6.12. The van der Waals surface area contributed by atoms with Gasteiger partial charge in [-0.05, 0) is 29.3 Å². The Hall–Kier alpha value is -5.35. The number of nitrogens with one attached hydrogen (secondary N) is 1. The molecule has 0 fully saturated rings. The first-order chi connectivity index (χ1) is 18.6. The molecule has 0 atom stereocenters. The summed E-state index contributed by atoms with van der Waals surface area (Å²) in [5, 5.41) is 9.81. The van der Waals surface area contributed by atoms with Crippen LogP contribution in [0.1, 0.15) is 12.5 Å². The predicted molar refractivity (Wildman–Crippen MR) is 150 cm³/mol.